The Labute approximate surface area is 123 Å². The first kappa shape index (κ1) is 13.7. The van der Waals surface area contributed by atoms with E-state index in [1.807, 2.05) is 0 Å². The molecule has 0 aromatic carbocycles. The molecule has 0 saturated carbocycles. The molecule has 2 fully saturated rings. The molecule has 0 spiro atoms. The number of rotatable bonds is 10. The van der Waals surface area contributed by atoms with Gasteiger partial charge in [-0.15, -0.1) is 0 Å². The predicted molar refractivity (Wildman–Crippen MR) is 77.1 cm³/mol. The van der Waals surface area contributed by atoms with Crippen LogP contribution in [0.4, 0.5) is 0 Å². The summed E-state index contributed by atoms with van der Waals surface area (Å²) in [6.07, 6.45) is 4.71. The average molecular weight is 472 g/mol. The molecule has 2 rings (SSSR count). The molecule has 0 bridgehead atoms. The van der Waals surface area contributed by atoms with Gasteiger partial charge in [0.25, 0.3) is 0 Å². The van der Waals surface area contributed by atoms with Gasteiger partial charge in [-0.2, -0.15) is 0 Å². The van der Waals surface area contributed by atoms with Crippen LogP contribution in [0, 0.1) is 0 Å². The average Bonchev–Trinajstić information content (AvgIpc) is 3.10. The van der Waals surface area contributed by atoms with E-state index in [0.717, 1.165) is 10.5 Å². The van der Waals surface area contributed by atoms with Gasteiger partial charge in [0.05, 0.1) is 0 Å². The van der Waals surface area contributed by atoms with Crippen LogP contribution in [-0.2, 0) is 0 Å². The predicted octanol–water partition coefficient (Wildman–Crippen LogP) is 3.47. The molecule has 2 aliphatic rings. The molecule has 0 amide bonds. The van der Waals surface area contributed by atoms with Gasteiger partial charge in [-0.1, -0.05) is 0 Å². The van der Waals surface area contributed by atoms with Crippen LogP contribution in [0.25, 0.3) is 0 Å². The van der Waals surface area contributed by atoms with Crippen molar-refractivity contribution in [2.24, 2.45) is 0 Å². The topological polar surface area (TPSA) is 0 Å². The normalized spacial score (nSPS) is 28.0. The Morgan fingerprint density at radius 3 is 1.67 bits per heavy atom. The van der Waals surface area contributed by atoms with Crippen LogP contribution in [0.2, 0.25) is 17.9 Å². The first-order valence-corrected chi connectivity index (χ1v) is 14.5. The van der Waals surface area contributed by atoms with Crippen molar-refractivity contribution in [3.63, 3.8) is 0 Å². The van der Waals surface area contributed by atoms with Gasteiger partial charge in [-0.25, -0.2) is 0 Å². The van der Waals surface area contributed by atoms with Crippen LogP contribution in [0.1, 0.15) is 19.3 Å². The standard InChI is InChI=1S/C11H20S2Te2/c1(2-4-14-8-10-6-12-10)3-5-15-9-11-7-13-11/h10-11H,1-9H2. The van der Waals surface area contributed by atoms with Crippen LogP contribution < -0.4 is 0 Å². The van der Waals surface area contributed by atoms with Crippen LogP contribution in [0.5, 0.6) is 0 Å². The van der Waals surface area contributed by atoms with Gasteiger partial charge in [-0.3, -0.25) is 0 Å². The fourth-order valence-corrected chi connectivity index (χ4v) is 11.4. The Bertz CT molecular complexity index is 152. The molecule has 0 radical (unpaired) electrons. The van der Waals surface area contributed by atoms with Gasteiger partial charge >= 0.3 is 125 Å². The summed E-state index contributed by atoms with van der Waals surface area (Å²) in [7, 11) is 0. The van der Waals surface area contributed by atoms with Crippen molar-refractivity contribution < 1.29 is 0 Å². The van der Waals surface area contributed by atoms with E-state index in [9.17, 15) is 0 Å². The van der Waals surface area contributed by atoms with Gasteiger partial charge in [0.1, 0.15) is 0 Å². The van der Waals surface area contributed by atoms with Crippen molar-refractivity contribution in [3.8, 4) is 0 Å². The number of unbranched alkanes of at least 4 members (excludes halogenated alkanes) is 2. The number of thioether (sulfide) groups is 2. The zero-order valence-corrected chi connectivity index (χ0v) is 15.4. The van der Waals surface area contributed by atoms with E-state index < -0.39 is 0 Å². The van der Waals surface area contributed by atoms with E-state index in [2.05, 4.69) is 23.5 Å². The van der Waals surface area contributed by atoms with E-state index in [0.29, 0.717) is 41.8 Å². The molecule has 0 N–H and O–H groups in total. The summed E-state index contributed by atoms with van der Waals surface area (Å²) in [5.41, 5.74) is 0. The maximum absolute atomic E-state index is 2.19. The summed E-state index contributed by atoms with van der Waals surface area (Å²) < 4.78 is 6.56. The molecule has 2 saturated heterocycles. The summed E-state index contributed by atoms with van der Waals surface area (Å²) in [5, 5.41) is 2.27. The molecule has 2 atom stereocenters. The SMILES string of the molecule is C(CC[Te]CC1CS1)CC[Te]CC1CS1. The molecular formula is C11H20S2Te2. The van der Waals surface area contributed by atoms with Gasteiger partial charge in [0.2, 0.25) is 0 Å². The van der Waals surface area contributed by atoms with Gasteiger partial charge in [0.15, 0.2) is 0 Å². The molecule has 0 aromatic heterocycles. The van der Waals surface area contributed by atoms with Gasteiger partial charge < -0.3 is 0 Å². The molecule has 2 heterocycles. The summed E-state index contributed by atoms with van der Waals surface area (Å²) >= 11 is 5.26. The van der Waals surface area contributed by atoms with Crippen LogP contribution >= 0.6 is 23.5 Å². The molecule has 0 aromatic rings. The van der Waals surface area contributed by atoms with Crippen molar-refractivity contribution >= 4 is 65.4 Å². The Morgan fingerprint density at radius 2 is 1.27 bits per heavy atom. The van der Waals surface area contributed by atoms with E-state index in [-0.39, 0.29) is 0 Å². The van der Waals surface area contributed by atoms with Crippen molar-refractivity contribution in [1.82, 2.24) is 0 Å². The summed E-state index contributed by atoms with van der Waals surface area (Å²) in [6.45, 7) is 0. The molecule has 0 nitrogen and oxygen atoms in total. The second-order valence-corrected chi connectivity index (χ2v) is 13.4. The van der Waals surface area contributed by atoms with Crippen molar-refractivity contribution in [1.29, 1.82) is 0 Å². The Hall–Kier alpha value is 2.28. The quantitative estimate of drug-likeness (QED) is 0.272. The van der Waals surface area contributed by atoms with Crippen molar-refractivity contribution in [2.75, 3.05) is 11.5 Å². The first-order valence-electron chi connectivity index (χ1n) is 5.84. The maximum atomic E-state index is 2.19. The molecule has 4 heteroatoms. The Morgan fingerprint density at radius 1 is 0.800 bits per heavy atom. The van der Waals surface area contributed by atoms with Crippen LogP contribution in [0.15, 0.2) is 0 Å². The van der Waals surface area contributed by atoms with Gasteiger partial charge in [-0.05, 0) is 0 Å². The van der Waals surface area contributed by atoms with E-state index in [1.165, 1.54) is 11.5 Å². The monoisotopic (exact) mass is 476 g/mol. The minimum atomic E-state index is 0.443. The summed E-state index contributed by atoms with van der Waals surface area (Å²) in [4.78, 5) is 0. The fraction of sp³-hybridized carbons (Fsp3) is 1.00. The molecule has 88 valence electrons. The van der Waals surface area contributed by atoms with E-state index >= 15 is 0 Å². The molecule has 0 aliphatic carbocycles. The summed E-state index contributed by atoms with van der Waals surface area (Å²) in [6, 6.07) is 0. The molecular weight excluding hydrogens is 451 g/mol. The van der Waals surface area contributed by atoms with E-state index in [1.54, 1.807) is 37.1 Å². The Kier molecular flexibility index (Phi) is 7.67. The zero-order chi connectivity index (χ0) is 10.3. The zero-order valence-electron chi connectivity index (χ0n) is 9.15. The minimum absolute atomic E-state index is 0.443. The summed E-state index contributed by atoms with van der Waals surface area (Å²) in [5.74, 6) is 2.99. The Balaban J connectivity index is 1.23. The second kappa shape index (κ2) is 8.39. The van der Waals surface area contributed by atoms with Gasteiger partial charge in [0, 0.05) is 0 Å². The molecule has 15 heavy (non-hydrogen) atoms. The van der Waals surface area contributed by atoms with Crippen LogP contribution in [-0.4, -0.2) is 63.9 Å². The second-order valence-electron chi connectivity index (χ2n) is 4.12. The van der Waals surface area contributed by atoms with Crippen molar-refractivity contribution in [3.05, 3.63) is 0 Å². The third kappa shape index (κ3) is 8.07. The molecule has 2 unspecified atom stereocenters. The first-order chi connectivity index (χ1) is 7.45. The fourth-order valence-electron chi connectivity index (χ4n) is 1.34. The third-order valence-electron chi connectivity index (χ3n) is 2.49. The van der Waals surface area contributed by atoms with Crippen molar-refractivity contribution in [2.45, 2.75) is 47.6 Å². The van der Waals surface area contributed by atoms with Crippen LogP contribution in [0.3, 0.4) is 0 Å². The third-order valence-corrected chi connectivity index (χ3v) is 12.7. The molecule has 2 aliphatic heterocycles. The number of hydrogen-bond acceptors (Lipinski definition) is 2. The van der Waals surface area contributed by atoms with E-state index in [4.69, 9.17) is 0 Å². The number of hydrogen-bond donors (Lipinski definition) is 0.